The maximum atomic E-state index is 12.7. The van der Waals surface area contributed by atoms with Crippen molar-refractivity contribution in [3.8, 4) is 0 Å². The molecule has 0 saturated heterocycles. The van der Waals surface area contributed by atoms with Crippen molar-refractivity contribution >= 4 is 11.8 Å². The zero-order valence-corrected chi connectivity index (χ0v) is 7.17. The molecular weight excluding hydrogens is 194 g/mol. The second-order valence-corrected chi connectivity index (χ2v) is 2.67. The van der Waals surface area contributed by atoms with Crippen LogP contribution in [0.2, 0.25) is 0 Å². The maximum absolute atomic E-state index is 12.7. The standard InChI is InChI=1S/C9H6F2O3/c1-4(12)5-2-7(10)8(11)3-6(5)9(13)14/h2-3H,1H3,(H,13,14). The second-order valence-electron chi connectivity index (χ2n) is 2.67. The van der Waals surface area contributed by atoms with Gasteiger partial charge >= 0.3 is 5.97 Å². The van der Waals surface area contributed by atoms with Gasteiger partial charge in [-0.15, -0.1) is 0 Å². The third-order valence-electron chi connectivity index (χ3n) is 1.67. The van der Waals surface area contributed by atoms with E-state index in [-0.39, 0.29) is 5.56 Å². The lowest BCUT2D eigenvalue weighted by Gasteiger charge is -2.02. The lowest BCUT2D eigenvalue weighted by Crippen LogP contribution is -2.08. The van der Waals surface area contributed by atoms with Crippen LogP contribution in [0.15, 0.2) is 12.1 Å². The molecular formula is C9H6F2O3. The summed E-state index contributed by atoms with van der Waals surface area (Å²) < 4.78 is 25.3. The van der Waals surface area contributed by atoms with E-state index in [0.717, 1.165) is 6.92 Å². The third-order valence-corrected chi connectivity index (χ3v) is 1.67. The SMILES string of the molecule is CC(=O)c1cc(F)c(F)cc1C(=O)O. The summed E-state index contributed by atoms with van der Waals surface area (Å²) in [5.74, 6) is -4.61. The molecule has 1 aromatic rings. The van der Waals surface area contributed by atoms with E-state index in [1.807, 2.05) is 0 Å². The molecule has 0 aromatic heterocycles. The Morgan fingerprint density at radius 3 is 1.93 bits per heavy atom. The van der Waals surface area contributed by atoms with Gasteiger partial charge in [-0.3, -0.25) is 4.79 Å². The predicted molar refractivity (Wildman–Crippen MR) is 43.3 cm³/mol. The quantitative estimate of drug-likeness (QED) is 0.741. The number of carboxylic acids is 1. The number of carbonyl (C=O) groups excluding carboxylic acids is 1. The molecule has 0 unspecified atom stereocenters. The van der Waals surface area contributed by atoms with Crippen molar-refractivity contribution in [2.24, 2.45) is 0 Å². The number of rotatable bonds is 2. The molecule has 1 N–H and O–H groups in total. The number of Topliss-reactive ketones (excluding diaryl/α,β-unsaturated/α-hetero) is 1. The first-order valence-electron chi connectivity index (χ1n) is 3.66. The molecule has 1 aromatic carbocycles. The summed E-state index contributed by atoms with van der Waals surface area (Å²) >= 11 is 0. The Kier molecular flexibility index (Phi) is 2.60. The van der Waals surface area contributed by atoms with Crippen LogP contribution in [0, 0.1) is 11.6 Å². The number of carboxylic acid groups (broad SMARTS) is 1. The molecule has 0 radical (unpaired) electrons. The van der Waals surface area contributed by atoms with Gasteiger partial charge in [-0.2, -0.15) is 0 Å². The molecule has 0 saturated carbocycles. The first-order chi connectivity index (χ1) is 6.43. The fourth-order valence-corrected chi connectivity index (χ4v) is 1.02. The summed E-state index contributed by atoms with van der Waals surface area (Å²) in [6, 6.07) is 1.08. The lowest BCUT2D eigenvalue weighted by molar-refractivity contribution is 0.0691. The molecule has 0 bridgehead atoms. The van der Waals surface area contributed by atoms with Gasteiger partial charge in [0, 0.05) is 5.56 Å². The Hall–Kier alpha value is -1.78. The average molecular weight is 200 g/mol. The Bertz CT molecular complexity index is 374. The molecule has 0 atom stereocenters. The fourth-order valence-electron chi connectivity index (χ4n) is 1.02. The van der Waals surface area contributed by atoms with Crippen molar-refractivity contribution in [1.82, 2.24) is 0 Å². The van der Waals surface area contributed by atoms with Gasteiger partial charge in [-0.1, -0.05) is 0 Å². The molecule has 0 spiro atoms. The predicted octanol–water partition coefficient (Wildman–Crippen LogP) is 1.87. The highest BCUT2D eigenvalue weighted by atomic mass is 19.2. The van der Waals surface area contributed by atoms with Gasteiger partial charge in [0.05, 0.1) is 5.56 Å². The Morgan fingerprint density at radius 1 is 1.14 bits per heavy atom. The summed E-state index contributed by atoms with van der Waals surface area (Å²) in [6.45, 7) is 1.08. The molecule has 1 rings (SSSR count). The Morgan fingerprint density at radius 2 is 1.57 bits per heavy atom. The van der Waals surface area contributed by atoms with Crippen LogP contribution >= 0.6 is 0 Å². The van der Waals surface area contributed by atoms with E-state index in [0.29, 0.717) is 12.1 Å². The minimum Gasteiger partial charge on any atom is -0.478 e. The normalized spacial score (nSPS) is 9.93. The summed E-state index contributed by atoms with van der Waals surface area (Å²) in [7, 11) is 0. The second kappa shape index (κ2) is 3.53. The smallest absolute Gasteiger partial charge is 0.336 e. The van der Waals surface area contributed by atoms with Crippen molar-refractivity contribution in [2.45, 2.75) is 6.92 Å². The number of hydrogen-bond donors (Lipinski definition) is 1. The van der Waals surface area contributed by atoms with Gasteiger partial charge in [0.2, 0.25) is 0 Å². The van der Waals surface area contributed by atoms with Crippen LogP contribution in [0.3, 0.4) is 0 Å². The van der Waals surface area contributed by atoms with Crippen LogP contribution in [0.25, 0.3) is 0 Å². The number of hydrogen-bond acceptors (Lipinski definition) is 2. The van der Waals surface area contributed by atoms with Crippen molar-refractivity contribution < 1.29 is 23.5 Å². The molecule has 0 amide bonds. The summed E-state index contributed by atoms with van der Waals surface area (Å²) in [6.07, 6.45) is 0. The van der Waals surface area contributed by atoms with Gasteiger partial charge in [0.25, 0.3) is 0 Å². The van der Waals surface area contributed by atoms with Gasteiger partial charge in [-0.25, -0.2) is 13.6 Å². The molecule has 3 nitrogen and oxygen atoms in total. The lowest BCUT2D eigenvalue weighted by atomic mass is 10.0. The average Bonchev–Trinajstić information content (AvgIpc) is 2.08. The summed E-state index contributed by atoms with van der Waals surface area (Å²) in [5, 5.41) is 8.59. The van der Waals surface area contributed by atoms with E-state index < -0.39 is 29.0 Å². The minimum absolute atomic E-state index is 0.337. The van der Waals surface area contributed by atoms with Gasteiger partial charge in [0.15, 0.2) is 17.4 Å². The van der Waals surface area contributed by atoms with Crippen LogP contribution in [-0.4, -0.2) is 16.9 Å². The highest BCUT2D eigenvalue weighted by molar-refractivity contribution is 6.04. The fraction of sp³-hybridized carbons (Fsp3) is 0.111. The maximum Gasteiger partial charge on any atom is 0.336 e. The zero-order chi connectivity index (χ0) is 10.9. The third kappa shape index (κ3) is 1.76. The summed E-state index contributed by atoms with van der Waals surface area (Å²) in [4.78, 5) is 21.4. The van der Waals surface area contributed by atoms with Gasteiger partial charge in [0.1, 0.15) is 0 Å². The van der Waals surface area contributed by atoms with Crippen LogP contribution < -0.4 is 0 Å². The number of aromatic carboxylic acids is 1. The van der Waals surface area contributed by atoms with E-state index in [1.54, 1.807) is 0 Å². The number of ketones is 1. The monoisotopic (exact) mass is 200 g/mol. The summed E-state index contributed by atoms with van der Waals surface area (Å²) in [5.41, 5.74) is -0.868. The molecule has 0 aliphatic rings. The van der Waals surface area contributed by atoms with Gasteiger partial charge < -0.3 is 5.11 Å². The molecule has 14 heavy (non-hydrogen) atoms. The van der Waals surface area contributed by atoms with Gasteiger partial charge in [-0.05, 0) is 19.1 Å². The molecule has 0 heterocycles. The van der Waals surface area contributed by atoms with Crippen LogP contribution in [0.1, 0.15) is 27.6 Å². The molecule has 5 heteroatoms. The topological polar surface area (TPSA) is 54.4 Å². The van der Waals surface area contributed by atoms with Crippen LogP contribution in [0.4, 0.5) is 8.78 Å². The molecule has 0 aliphatic heterocycles. The first-order valence-corrected chi connectivity index (χ1v) is 3.66. The molecule has 0 fully saturated rings. The number of carbonyl (C=O) groups is 2. The largest absolute Gasteiger partial charge is 0.478 e. The zero-order valence-electron chi connectivity index (χ0n) is 7.17. The van der Waals surface area contributed by atoms with E-state index >= 15 is 0 Å². The Labute approximate surface area is 78.0 Å². The minimum atomic E-state index is -1.46. The Balaban J connectivity index is 3.46. The molecule has 74 valence electrons. The van der Waals surface area contributed by atoms with Crippen molar-refractivity contribution in [3.63, 3.8) is 0 Å². The first kappa shape index (κ1) is 10.3. The number of benzene rings is 1. The highest BCUT2D eigenvalue weighted by Crippen LogP contribution is 2.15. The highest BCUT2D eigenvalue weighted by Gasteiger charge is 2.17. The van der Waals surface area contributed by atoms with E-state index in [1.165, 1.54) is 0 Å². The van der Waals surface area contributed by atoms with Crippen molar-refractivity contribution in [3.05, 3.63) is 34.9 Å². The van der Waals surface area contributed by atoms with Crippen molar-refractivity contribution in [1.29, 1.82) is 0 Å². The van der Waals surface area contributed by atoms with Crippen molar-refractivity contribution in [2.75, 3.05) is 0 Å². The van der Waals surface area contributed by atoms with E-state index in [9.17, 15) is 18.4 Å². The van der Waals surface area contributed by atoms with E-state index in [2.05, 4.69) is 0 Å². The van der Waals surface area contributed by atoms with Crippen LogP contribution in [0.5, 0.6) is 0 Å². The van der Waals surface area contributed by atoms with Crippen LogP contribution in [-0.2, 0) is 0 Å². The number of halogens is 2. The molecule has 0 aliphatic carbocycles. The van der Waals surface area contributed by atoms with E-state index in [4.69, 9.17) is 5.11 Å².